The molecule has 1 aromatic heterocycles. The molecule has 0 bridgehead atoms. The van der Waals surface area contributed by atoms with Crippen LogP contribution in [0.2, 0.25) is 0 Å². The fraction of sp³-hybridized carbons (Fsp3) is 0.185. The quantitative estimate of drug-likeness (QED) is 0.321. The number of aromatic nitrogens is 2. The lowest BCUT2D eigenvalue weighted by molar-refractivity contribution is -0.118. The number of fused-ring (bicyclic) bond motifs is 1. The summed E-state index contributed by atoms with van der Waals surface area (Å²) >= 11 is 3.41. The fourth-order valence-corrected chi connectivity index (χ4v) is 3.82. The molecule has 184 valence electrons. The number of ether oxygens (including phenoxy) is 1. The molecule has 0 aliphatic carbocycles. The van der Waals surface area contributed by atoms with Crippen molar-refractivity contribution in [2.24, 2.45) is 5.10 Å². The summed E-state index contributed by atoms with van der Waals surface area (Å²) < 4.78 is 21.0. The molecule has 0 aliphatic heterocycles. The summed E-state index contributed by atoms with van der Waals surface area (Å²) in [5.74, 6) is 0.107. The first kappa shape index (κ1) is 25.2. The number of nitrogens with zero attached hydrogens (tertiary/aromatic N) is 3. The van der Waals surface area contributed by atoms with E-state index in [1.807, 2.05) is 26.8 Å². The van der Waals surface area contributed by atoms with Crippen molar-refractivity contribution in [3.05, 3.63) is 98.8 Å². The van der Waals surface area contributed by atoms with Gasteiger partial charge in [0.1, 0.15) is 17.4 Å². The zero-order chi connectivity index (χ0) is 25.9. The number of nitrogens with one attached hydrogen (secondary N) is 1. The minimum absolute atomic E-state index is 0.256. The molecule has 0 atom stereocenters. The summed E-state index contributed by atoms with van der Waals surface area (Å²) in [5, 5.41) is 7.49. The van der Waals surface area contributed by atoms with Gasteiger partial charge in [-0.05, 0) is 54.1 Å². The van der Waals surface area contributed by atoms with Gasteiger partial charge in [-0.2, -0.15) is 9.78 Å². The molecule has 1 heterocycles. The summed E-state index contributed by atoms with van der Waals surface area (Å²) in [6, 6.07) is 18.0. The fourth-order valence-electron chi connectivity index (χ4n) is 3.46. The van der Waals surface area contributed by atoms with Crippen LogP contribution in [-0.2, 0) is 10.2 Å². The first-order valence-corrected chi connectivity index (χ1v) is 11.9. The molecule has 3 aromatic carbocycles. The molecule has 36 heavy (non-hydrogen) atoms. The number of anilines is 1. The SMILES string of the molecule is CC(C)(C)c1nc2ccc(Br)cc2c(=O)n1N=Cc1cccc(OCC(=O)Nc2cccc(F)c2)c1. The van der Waals surface area contributed by atoms with Gasteiger partial charge in [0, 0.05) is 15.6 Å². The van der Waals surface area contributed by atoms with E-state index in [1.165, 1.54) is 22.9 Å². The van der Waals surface area contributed by atoms with Crippen molar-refractivity contribution in [2.45, 2.75) is 26.2 Å². The largest absolute Gasteiger partial charge is 0.484 e. The Kier molecular flexibility index (Phi) is 7.30. The predicted octanol–water partition coefficient (Wildman–Crippen LogP) is 5.50. The second-order valence-corrected chi connectivity index (χ2v) is 10.0. The topological polar surface area (TPSA) is 85.6 Å². The number of amides is 1. The number of rotatable bonds is 6. The number of hydrogen-bond acceptors (Lipinski definition) is 5. The van der Waals surface area contributed by atoms with Crippen molar-refractivity contribution in [1.29, 1.82) is 0 Å². The van der Waals surface area contributed by atoms with Gasteiger partial charge in [0.25, 0.3) is 11.5 Å². The van der Waals surface area contributed by atoms with Crippen molar-refractivity contribution >= 4 is 44.6 Å². The Morgan fingerprint density at radius 2 is 1.92 bits per heavy atom. The molecule has 1 amide bonds. The van der Waals surface area contributed by atoms with E-state index in [-0.39, 0.29) is 12.2 Å². The van der Waals surface area contributed by atoms with Crippen molar-refractivity contribution in [2.75, 3.05) is 11.9 Å². The van der Waals surface area contributed by atoms with Crippen LogP contribution in [0.1, 0.15) is 32.2 Å². The molecule has 0 spiro atoms. The van der Waals surface area contributed by atoms with E-state index in [1.54, 1.807) is 48.7 Å². The maximum atomic E-state index is 13.3. The van der Waals surface area contributed by atoms with Crippen LogP contribution in [0, 0.1) is 5.82 Å². The maximum absolute atomic E-state index is 13.3. The summed E-state index contributed by atoms with van der Waals surface area (Å²) in [6.07, 6.45) is 1.54. The van der Waals surface area contributed by atoms with Gasteiger partial charge in [-0.25, -0.2) is 9.37 Å². The third kappa shape index (κ3) is 6.04. The Balaban J connectivity index is 1.55. The molecule has 7 nitrogen and oxygen atoms in total. The predicted molar refractivity (Wildman–Crippen MR) is 142 cm³/mol. The van der Waals surface area contributed by atoms with Gasteiger partial charge in [0.05, 0.1) is 17.1 Å². The van der Waals surface area contributed by atoms with Crippen molar-refractivity contribution in [1.82, 2.24) is 9.66 Å². The van der Waals surface area contributed by atoms with Gasteiger partial charge >= 0.3 is 0 Å². The zero-order valence-corrected chi connectivity index (χ0v) is 21.5. The zero-order valence-electron chi connectivity index (χ0n) is 20.0. The average molecular weight is 551 g/mol. The number of carbonyl (C=O) groups is 1. The van der Waals surface area contributed by atoms with Gasteiger partial charge in [-0.3, -0.25) is 9.59 Å². The van der Waals surface area contributed by atoms with E-state index in [0.29, 0.717) is 33.7 Å². The Labute approximate surface area is 215 Å². The third-order valence-corrected chi connectivity index (χ3v) is 5.63. The Hall–Kier alpha value is -3.85. The molecule has 0 saturated carbocycles. The molecule has 1 N–H and O–H groups in total. The number of benzene rings is 3. The van der Waals surface area contributed by atoms with Gasteiger partial charge < -0.3 is 10.1 Å². The van der Waals surface area contributed by atoms with Gasteiger partial charge in [-0.1, -0.05) is 54.9 Å². The third-order valence-electron chi connectivity index (χ3n) is 5.14. The minimum atomic E-state index is -0.441. The van der Waals surface area contributed by atoms with Gasteiger partial charge in [-0.15, -0.1) is 0 Å². The first-order valence-electron chi connectivity index (χ1n) is 11.2. The first-order chi connectivity index (χ1) is 17.1. The molecule has 0 fully saturated rings. The highest BCUT2D eigenvalue weighted by Crippen LogP contribution is 2.23. The smallest absolute Gasteiger partial charge is 0.282 e. The van der Waals surface area contributed by atoms with Crippen LogP contribution in [0.5, 0.6) is 5.75 Å². The normalized spacial score (nSPS) is 11.7. The second-order valence-electron chi connectivity index (χ2n) is 9.13. The number of halogens is 2. The van der Waals surface area contributed by atoms with E-state index in [0.717, 1.165) is 4.47 Å². The molecule has 0 unspecified atom stereocenters. The summed E-state index contributed by atoms with van der Waals surface area (Å²) in [5.41, 5.74) is 0.910. The minimum Gasteiger partial charge on any atom is -0.484 e. The molecule has 4 aromatic rings. The van der Waals surface area contributed by atoms with Crippen LogP contribution in [-0.4, -0.2) is 28.4 Å². The standard InChI is InChI=1S/C27H24BrFN4O3/c1-27(2,3)26-32-23-11-10-18(28)13-22(23)25(35)33(26)30-15-17-6-4-9-21(12-17)36-16-24(34)31-20-8-5-7-19(29)14-20/h4-15H,16H2,1-3H3,(H,31,34). The highest BCUT2D eigenvalue weighted by molar-refractivity contribution is 9.10. The van der Waals surface area contributed by atoms with E-state index in [4.69, 9.17) is 9.72 Å². The molecule has 9 heteroatoms. The molecular weight excluding hydrogens is 527 g/mol. The van der Waals surface area contributed by atoms with Crippen LogP contribution < -0.4 is 15.6 Å². The second kappa shape index (κ2) is 10.4. The molecule has 0 radical (unpaired) electrons. The van der Waals surface area contributed by atoms with E-state index in [2.05, 4.69) is 26.3 Å². The van der Waals surface area contributed by atoms with E-state index >= 15 is 0 Å². The van der Waals surface area contributed by atoms with Crippen molar-refractivity contribution < 1.29 is 13.9 Å². The summed E-state index contributed by atoms with van der Waals surface area (Å²) in [7, 11) is 0. The molecular formula is C27H24BrFN4O3. The highest BCUT2D eigenvalue weighted by atomic mass is 79.9. The van der Waals surface area contributed by atoms with Crippen LogP contribution >= 0.6 is 15.9 Å². The summed E-state index contributed by atoms with van der Waals surface area (Å²) in [4.78, 5) is 30.1. The maximum Gasteiger partial charge on any atom is 0.282 e. The van der Waals surface area contributed by atoms with E-state index < -0.39 is 17.1 Å². The van der Waals surface area contributed by atoms with Crippen LogP contribution in [0.15, 0.2) is 81.1 Å². The number of hydrogen-bond donors (Lipinski definition) is 1. The Morgan fingerprint density at radius 1 is 1.14 bits per heavy atom. The average Bonchev–Trinajstić information content (AvgIpc) is 2.82. The van der Waals surface area contributed by atoms with Crippen molar-refractivity contribution in [3.8, 4) is 5.75 Å². The van der Waals surface area contributed by atoms with Crippen LogP contribution in [0.4, 0.5) is 10.1 Å². The Bertz CT molecular complexity index is 1530. The van der Waals surface area contributed by atoms with E-state index in [9.17, 15) is 14.0 Å². The monoisotopic (exact) mass is 550 g/mol. The van der Waals surface area contributed by atoms with Crippen molar-refractivity contribution in [3.63, 3.8) is 0 Å². The lowest BCUT2D eigenvalue weighted by Crippen LogP contribution is -2.29. The van der Waals surface area contributed by atoms with Crippen LogP contribution in [0.3, 0.4) is 0 Å². The summed E-state index contributed by atoms with van der Waals surface area (Å²) in [6.45, 7) is 5.65. The molecule has 0 saturated heterocycles. The number of carbonyl (C=O) groups excluding carboxylic acids is 1. The molecule has 4 rings (SSSR count). The lowest BCUT2D eigenvalue weighted by Gasteiger charge is -2.20. The lowest BCUT2D eigenvalue weighted by atomic mass is 9.95. The van der Waals surface area contributed by atoms with Gasteiger partial charge in [0.15, 0.2) is 6.61 Å². The highest BCUT2D eigenvalue weighted by Gasteiger charge is 2.22. The molecule has 0 aliphatic rings. The Morgan fingerprint density at radius 3 is 2.67 bits per heavy atom. The van der Waals surface area contributed by atoms with Gasteiger partial charge in [0.2, 0.25) is 0 Å². The van der Waals surface area contributed by atoms with Crippen LogP contribution in [0.25, 0.3) is 10.9 Å².